The van der Waals surface area contributed by atoms with Crippen molar-refractivity contribution in [3.8, 4) is 11.6 Å². The van der Waals surface area contributed by atoms with E-state index in [0.29, 0.717) is 42.5 Å². The number of aromatic nitrogens is 2. The second-order valence-electron chi connectivity index (χ2n) is 5.90. The predicted octanol–water partition coefficient (Wildman–Crippen LogP) is 2.03. The lowest BCUT2D eigenvalue weighted by atomic mass is 10.1. The summed E-state index contributed by atoms with van der Waals surface area (Å²) in [7, 11) is -1.94. The van der Waals surface area contributed by atoms with E-state index in [4.69, 9.17) is 9.47 Å². The summed E-state index contributed by atoms with van der Waals surface area (Å²) >= 11 is 0. The highest BCUT2D eigenvalue weighted by Crippen LogP contribution is 2.26. The molecule has 0 saturated carbocycles. The standard InChI is InChI=1S/C17H21N3O4S/c1-13-11-15(3-4-16(13)23-2)25(21,22)20-9-5-14(6-10-20)24-17-12-18-7-8-19-17/h3-4,7-8,11-12,14H,5-6,9-10H2,1-2H3. The summed E-state index contributed by atoms with van der Waals surface area (Å²) in [4.78, 5) is 8.34. The zero-order valence-electron chi connectivity index (χ0n) is 14.3. The van der Waals surface area contributed by atoms with E-state index in [2.05, 4.69) is 9.97 Å². The molecule has 2 heterocycles. The van der Waals surface area contributed by atoms with Gasteiger partial charge in [0.2, 0.25) is 15.9 Å². The summed E-state index contributed by atoms with van der Waals surface area (Å²) in [6, 6.07) is 4.92. The molecule has 3 rings (SSSR count). The Morgan fingerprint density at radius 1 is 1.20 bits per heavy atom. The van der Waals surface area contributed by atoms with Gasteiger partial charge in [-0.2, -0.15) is 4.31 Å². The average Bonchev–Trinajstić information content (AvgIpc) is 2.63. The molecule has 1 aromatic heterocycles. The molecule has 1 aliphatic rings. The molecule has 1 aliphatic heterocycles. The number of aryl methyl sites for hydroxylation is 1. The summed E-state index contributed by atoms with van der Waals surface area (Å²) in [5, 5.41) is 0. The van der Waals surface area contributed by atoms with Crippen molar-refractivity contribution in [2.24, 2.45) is 0 Å². The molecular formula is C17H21N3O4S. The maximum Gasteiger partial charge on any atom is 0.243 e. The van der Waals surface area contributed by atoms with E-state index in [-0.39, 0.29) is 6.10 Å². The van der Waals surface area contributed by atoms with Crippen LogP contribution in [0.2, 0.25) is 0 Å². The summed E-state index contributed by atoms with van der Waals surface area (Å²) in [5.41, 5.74) is 0.796. The van der Waals surface area contributed by atoms with Crippen molar-refractivity contribution in [3.63, 3.8) is 0 Å². The van der Waals surface area contributed by atoms with E-state index >= 15 is 0 Å². The Balaban J connectivity index is 1.66. The first kappa shape index (κ1) is 17.6. The molecule has 2 aromatic rings. The highest BCUT2D eigenvalue weighted by molar-refractivity contribution is 7.89. The van der Waals surface area contributed by atoms with Crippen LogP contribution >= 0.6 is 0 Å². The van der Waals surface area contributed by atoms with Gasteiger partial charge in [-0.25, -0.2) is 13.4 Å². The zero-order chi connectivity index (χ0) is 17.9. The highest BCUT2D eigenvalue weighted by Gasteiger charge is 2.30. The van der Waals surface area contributed by atoms with Gasteiger partial charge >= 0.3 is 0 Å². The van der Waals surface area contributed by atoms with E-state index in [1.165, 1.54) is 4.31 Å². The van der Waals surface area contributed by atoms with Crippen LogP contribution in [-0.4, -0.2) is 49.0 Å². The molecule has 0 aliphatic carbocycles. The van der Waals surface area contributed by atoms with Crippen molar-refractivity contribution >= 4 is 10.0 Å². The van der Waals surface area contributed by atoms with Crippen molar-refractivity contribution in [2.75, 3.05) is 20.2 Å². The lowest BCUT2D eigenvalue weighted by molar-refractivity contribution is 0.129. The summed E-state index contributed by atoms with van der Waals surface area (Å²) in [6.07, 6.45) is 5.89. The fourth-order valence-electron chi connectivity index (χ4n) is 2.87. The molecule has 1 aromatic carbocycles. The van der Waals surface area contributed by atoms with E-state index < -0.39 is 10.0 Å². The minimum Gasteiger partial charge on any atom is -0.496 e. The maximum absolute atomic E-state index is 12.8. The molecule has 0 spiro atoms. The molecule has 0 N–H and O–H groups in total. The van der Waals surface area contributed by atoms with E-state index in [1.54, 1.807) is 43.9 Å². The van der Waals surface area contributed by atoms with Crippen LogP contribution in [-0.2, 0) is 10.0 Å². The Bertz CT molecular complexity index is 819. The van der Waals surface area contributed by atoms with Gasteiger partial charge in [0.05, 0.1) is 18.2 Å². The van der Waals surface area contributed by atoms with Gasteiger partial charge in [0.25, 0.3) is 0 Å². The third-order valence-corrected chi connectivity index (χ3v) is 6.13. The Labute approximate surface area is 147 Å². The number of benzene rings is 1. The lowest BCUT2D eigenvalue weighted by Crippen LogP contribution is -2.41. The van der Waals surface area contributed by atoms with E-state index in [9.17, 15) is 8.42 Å². The van der Waals surface area contributed by atoms with Gasteiger partial charge in [0, 0.05) is 25.5 Å². The number of rotatable bonds is 5. The predicted molar refractivity (Wildman–Crippen MR) is 92.2 cm³/mol. The topological polar surface area (TPSA) is 81.6 Å². The van der Waals surface area contributed by atoms with Crippen LogP contribution in [0.5, 0.6) is 11.6 Å². The largest absolute Gasteiger partial charge is 0.496 e. The molecule has 0 atom stereocenters. The monoisotopic (exact) mass is 363 g/mol. The van der Waals surface area contributed by atoms with E-state index in [0.717, 1.165) is 5.56 Å². The molecule has 0 bridgehead atoms. The first-order valence-corrected chi connectivity index (χ1v) is 9.52. The van der Waals surface area contributed by atoms with E-state index in [1.807, 2.05) is 6.92 Å². The molecule has 134 valence electrons. The van der Waals surface area contributed by atoms with Crippen LogP contribution in [0.15, 0.2) is 41.7 Å². The second-order valence-corrected chi connectivity index (χ2v) is 7.83. The molecule has 8 heteroatoms. The summed E-state index contributed by atoms with van der Waals surface area (Å²) in [5.74, 6) is 1.14. The van der Waals surface area contributed by atoms with Crippen molar-refractivity contribution in [2.45, 2.75) is 30.8 Å². The maximum atomic E-state index is 12.8. The Kier molecular flexibility index (Phi) is 5.19. The highest BCUT2D eigenvalue weighted by atomic mass is 32.2. The van der Waals surface area contributed by atoms with Gasteiger partial charge in [-0.15, -0.1) is 0 Å². The first-order chi connectivity index (χ1) is 12.0. The first-order valence-electron chi connectivity index (χ1n) is 8.08. The third-order valence-electron chi connectivity index (χ3n) is 4.23. The van der Waals surface area contributed by atoms with Crippen LogP contribution in [0.3, 0.4) is 0 Å². The van der Waals surface area contributed by atoms with Gasteiger partial charge < -0.3 is 9.47 Å². The third kappa shape index (κ3) is 3.91. The van der Waals surface area contributed by atoms with Gasteiger partial charge in [0.1, 0.15) is 11.9 Å². The molecule has 1 saturated heterocycles. The second kappa shape index (κ2) is 7.37. The average molecular weight is 363 g/mol. The Hall–Kier alpha value is -2.19. The zero-order valence-corrected chi connectivity index (χ0v) is 15.1. The van der Waals surface area contributed by atoms with Crippen molar-refractivity contribution in [1.29, 1.82) is 0 Å². The van der Waals surface area contributed by atoms with Crippen LogP contribution < -0.4 is 9.47 Å². The quantitative estimate of drug-likeness (QED) is 0.808. The van der Waals surface area contributed by atoms with Crippen LogP contribution in [0, 0.1) is 6.92 Å². The SMILES string of the molecule is COc1ccc(S(=O)(=O)N2CCC(Oc3cnccn3)CC2)cc1C. The van der Waals surface area contributed by atoms with Crippen molar-refractivity contribution in [3.05, 3.63) is 42.4 Å². The molecule has 0 amide bonds. The van der Waals surface area contributed by atoms with Gasteiger partial charge in [-0.3, -0.25) is 4.98 Å². The number of piperidine rings is 1. The molecule has 0 radical (unpaired) electrons. The number of hydrogen-bond donors (Lipinski definition) is 0. The van der Waals surface area contributed by atoms with Gasteiger partial charge in [-0.05, 0) is 43.5 Å². The summed E-state index contributed by atoms with van der Waals surface area (Å²) < 4.78 is 38.1. The molecule has 0 unspecified atom stereocenters. The number of hydrogen-bond acceptors (Lipinski definition) is 6. The molecule has 7 nitrogen and oxygen atoms in total. The minimum absolute atomic E-state index is 0.0549. The number of nitrogens with zero attached hydrogens (tertiary/aromatic N) is 3. The van der Waals surface area contributed by atoms with Gasteiger partial charge in [0.15, 0.2) is 0 Å². The lowest BCUT2D eigenvalue weighted by Gasteiger charge is -2.31. The number of ether oxygens (including phenoxy) is 2. The number of sulfonamides is 1. The minimum atomic E-state index is -3.51. The normalized spacial score (nSPS) is 16.6. The Morgan fingerprint density at radius 2 is 1.96 bits per heavy atom. The van der Waals surface area contributed by atoms with Crippen molar-refractivity contribution < 1.29 is 17.9 Å². The van der Waals surface area contributed by atoms with Crippen molar-refractivity contribution in [1.82, 2.24) is 14.3 Å². The molecule has 25 heavy (non-hydrogen) atoms. The molecular weight excluding hydrogens is 342 g/mol. The molecule has 1 fully saturated rings. The van der Waals surface area contributed by atoms with Crippen LogP contribution in [0.25, 0.3) is 0 Å². The fourth-order valence-corrected chi connectivity index (χ4v) is 4.42. The van der Waals surface area contributed by atoms with Gasteiger partial charge in [-0.1, -0.05) is 0 Å². The van der Waals surface area contributed by atoms with Crippen LogP contribution in [0.4, 0.5) is 0 Å². The smallest absolute Gasteiger partial charge is 0.243 e. The van der Waals surface area contributed by atoms with Crippen LogP contribution in [0.1, 0.15) is 18.4 Å². The summed E-state index contributed by atoms with van der Waals surface area (Å²) in [6.45, 7) is 2.66. The Morgan fingerprint density at radius 3 is 2.56 bits per heavy atom. The fraction of sp³-hybridized carbons (Fsp3) is 0.412. The number of methoxy groups -OCH3 is 1.